The minimum Gasteiger partial charge on any atom is -0.242 e. The van der Waals surface area contributed by atoms with Crippen LogP contribution in [0.4, 0.5) is 0 Å². The maximum Gasteiger partial charge on any atom is 0.283 e. The van der Waals surface area contributed by atoms with Crippen molar-refractivity contribution in [1.29, 1.82) is 0 Å². The van der Waals surface area contributed by atoms with Crippen LogP contribution in [-0.2, 0) is 16.0 Å². The van der Waals surface area contributed by atoms with Crippen LogP contribution < -0.4 is 0 Å². The molecule has 0 saturated carbocycles. The Bertz CT molecular complexity index is 331. The van der Waals surface area contributed by atoms with Gasteiger partial charge in [0.15, 0.2) is 0 Å². The summed E-state index contributed by atoms with van der Waals surface area (Å²) >= 11 is 0. The molecule has 0 atom stereocenters. The lowest BCUT2D eigenvalue weighted by Crippen LogP contribution is -2.10. The SMILES string of the molecule is CS(=O)(=O)[B]Cc1ccccc1. The van der Waals surface area contributed by atoms with Crippen molar-refractivity contribution in [3.63, 3.8) is 0 Å². The zero-order valence-corrected chi connectivity index (χ0v) is 7.71. The molecule has 0 aliphatic carbocycles. The minimum atomic E-state index is -2.95. The first-order chi connectivity index (χ1) is 5.58. The molecule has 1 radical (unpaired) electrons. The Kier molecular flexibility index (Phi) is 2.92. The maximum absolute atomic E-state index is 10.7. The second kappa shape index (κ2) is 3.76. The highest BCUT2D eigenvalue weighted by Crippen LogP contribution is 1.99. The Morgan fingerprint density at radius 2 is 1.83 bits per heavy atom. The first kappa shape index (κ1) is 9.32. The zero-order chi connectivity index (χ0) is 9.03. The molecule has 0 N–H and O–H groups in total. The van der Waals surface area contributed by atoms with Gasteiger partial charge in [0.25, 0.3) is 6.56 Å². The predicted octanol–water partition coefficient (Wildman–Crippen LogP) is 0.850. The summed E-state index contributed by atoms with van der Waals surface area (Å²) in [5, 5.41) is 0. The lowest BCUT2D eigenvalue weighted by atomic mass is 9.96. The van der Waals surface area contributed by atoms with E-state index in [1.54, 1.807) is 0 Å². The maximum atomic E-state index is 10.7. The van der Waals surface area contributed by atoms with E-state index in [-0.39, 0.29) is 0 Å². The third kappa shape index (κ3) is 3.58. The third-order valence-corrected chi connectivity index (χ3v) is 2.24. The smallest absolute Gasteiger partial charge is 0.242 e. The molecular weight excluding hydrogens is 171 g/mol. The molecule has 0 amide bonds. The second-order valence-electron chi connectivity index (χ2n) is 2.69. The van der Waals surface area contributed by atoms with Crippen LogP contribution in [0.5, 0.6) is 0 Å². The Hall–Kier alpha value is -0.765. The molecule has 2 nitrogen and oxygen atoms in total. The van der Waals surface area contributed by atoms with E-state index in [0.29, 0.717) is 6.32 Å². The van der Waals surface area contributed by atoms with Crippen LogP contribution in [0, 0.1) is 0 Å². The molecular formula is C8H10BO2S. The van der Waals surface area contributed by atoms with Crippen molar-refractivity contribution in [2.45, 2.75) is 6.32 Å². The van der Waals surface area contributed by atoms with Crippen LogP contribution in [0.25, 0.3) is 0 Å². The molecule has 0 unspecified atom stereocenters. The summed E-state index contributed by atoms with van der Waals surface area (Å²) < 4.78 is 21.5. The van der Waals surface area contributed by atoms with Gasteiger partial charge in [-0.1, -0.05) is 35.9 Å². The molecule has 0 fully saturated rings. The Morgan fingerprint density at radius 1 is 1.25 bits per heavy atom. The predicted molar refractivity (Wildman–Crippen MR) is 50.7 cm³/mol. The van der Waals surface area contributed by atoms with Crippen LogP contribution in [0.15, 0.2) is 30.3 Å². The van der Waals surface area contributed by atoms with Gasteiger partial charge in [0, 0.05) is 6.26 Å². The van der Waals surface area contributed by atoms with Gasteiger partial charge in [-0.3, -0.25) is 0 Å². The van der Waals surface area contributed by atoms with Gasteiger partial charge in [0.2, 0.25) is 0 Å². The van der Waals surface area contributed by atoms with Crippen LogP contribution in [0.3, 0.4) is 0 Å². The van der Waals surface area contributed by atoms with E-state index in [0.717, 1.165) is 5.56 Å². The monoisotopic (exact) mass is 181 g/mol. The van der Waals surface area contributed by atoms with Gasteiger partial charge < -0.3 is 0 Å². The molecule has 0 aromatic heterocycles. The lowest BCUT2D eigenvalue weighted by molar-refractivity contribution is 0.614. The van der Waals surface area contributed by atoms with Gasteiger partial charge in [0.05, 0.1) is 9.69 Å². The van der Waals surface area contributed by atoms with Gasteiger partial charge >= 0.3 is 0 Å². The molecule has 4 heteroatoms. The van der Waals surface area contributed by atoms with Crippen molar-refractivity contribution in [2.24, 2.45) is 0 Å². The number of benzene rings is 1. The van der Waals surface area contributed by atoms with Crippen molar-refractivity contribution >= 4 is 16.2 Å². The van der Waals surface area contributed by atoms with E-state index in [2.05, 4.69) is 0 Å². The van der Waals surface area contributed by atoms with Gasteiger partial charge in [-0.25, -0.2) is 8.42 Å². The lowest BCUT2D eigenvalue weighted by Gasteiger charge is -1.96. The molecule has 0 bridgehead atoms. The quantitative estimate of drug-likeness (QED) is 0.647. The Balaban J connectivity index is 2.56. The first-order valence-corrected chi connectivity index (χ1v) is 5.60. The van der Waals surface area contributed by atoms with E-state index in [9.17, 15) is 8.42 Å². The summed E-state index contributed by atoms with van der Waals surface area (Å²) in [6.45, 7) is 1.32. The van der Waals surface area contributed by atoms with Gasteiger partial charge in [-0.05, 0) is 6.32 Å². The second-order valence-corrected chi connectivity index (χ2v) is 4.68. The third-order valence-electron chi connectivity index (χ3n) is 1.46. The highest BCUT2D eigenvalue weighted by atomic mass is 32.2. The van der Waals surface area contributed by atoms with E-state index in [1.807, 2.05) is 30.3 Å². The van der Waals surface area contributed by atoms with Crippen LogP contribution >= 0.6 is 0 Å². The molecule has 0 heterocycles. The van der Waals surface area contributed by atoms with E-state index in [1.165, 1.54) is 12.8 Å². The molecule has 0 spiro atoms. The first-order valence-electron chi connectivity index (χ1n) is 3.65. The minimum absolute atomic E-state index is 0.486. The van der Waals surface area contributed by atoms with E-state index >= 15 is 0 Å². The van der Waals surface area contributed by atoms with Crippen LogP contribution in [-0.4, -0.2) is 21.2 Å². The highest BCUT2D eigenvalue weighted by molar-refractivity contribution is 8.14. The van der Waals surface area contributed by atoms with Crippen molar-refractivity contribution in [2.75, 3.05) is 6.26 Å². The highest BCUT2D eigenvalue weighted by Gasteiger charge is 2.05. The number of rotatable bonds is 3. The number of hydrogen-bond donors (Lipinski definition) is 0. The fourth-order valence-electron chi connectivity index (χ4n) is 0.862. The molecule has 0 saturated heterocycles. The molecule has 1 rings (SSSR count). The van der Waals surface area contributed by atoms with Crippen LogP contribution in [0.1, 0.15) is 5.56 Å². The van der Waals surface area contributed by atoms with E-state index < -0.39 is 9.69 Å². The fraction of sp³-hybridized carbons (Fsp3) is 0.250. The van der Waals surface area contributed by atoms with Gasteiger partial charge in [0.1, 0.15) is 0 Å². The van der Waals surface area contributed by atoms with Crippen molar-refractivity contribution in [3.8, 4) is 0 Å². The zero-order valence-electron chi connectivity index (χ0n) is 6.90. The Labute approximate surface area is 73.7 Å². The van der Waals surface area contributed by atoms with Crippen molar-refractivity contribution in [1.82, 2.24) is 0 Å². The summed E-state index contributed by atoms with van der Waals surface area (Å²) in [7, 11) is -2.95. The molecule has 12 heavy (non-hydrogen) atoms. The summed E-state index contributed by atoms with van der Waals surface area (Å²) in [4.78, 5) is 0. The standard InChI is InChI=1S/C8H10BO2S/c1-12(10,11)9-7-8-5-3-2-4-6-8/h2-6H,7H2,1H3. The topological polar surface area (TPSA) is 34.1 Å². The summed E-state index contributed by atoms with van der Waals surface area (Å²) in [6.07, 6.45) is 1.69. The molecule has 1 aromatic carbocycles. The average molecular weight is 181 g/mol. The normalized spacial score (nSPS) is 11.1. The van der Waals surface area contributed by atoms with Crippen LogP contribution in [0.2, 0.25) is 0 Å². The van der Waals surface area contributed by atoms with Gasteiger partial charge in [-0.15, -0.1) is 0 Å². The largest absolute Gasteiger partial charge is 0.283 e. The number of hydrogen-bond acceptors (Lipinski definition) is 2. The Morgan fingerprint density at radius 3 is 2.33 bits per heavy atom. The summed E-state index contributed by atoms with van der Waals surface area (Å²) in [5.41, 5.74) is 1.02. The van der Waals surface area contributed by atoms with E-state index in [4.69, 9.17) is 0 Å². The fourth-order valence-corrected chi connectivity index (χ4v) is 1.36. The molecule has 0 aliphatic rings. The summed E-state index contributed by atoms with van der Waals surface area (Å²) in [6, 6.07) is 9.50. The van der Waals surface area contributed by atoms with Crippen molar-refractivity contribution in [3.05, 3.63) is 35.9 Å². The average Bonchev–Trinajstić information content (AvgIpc) is 2.02. The molecule has 0 aliphatic heterocycles. The van der Waals surface area contributed by atoms with Gasteiger partial charge in [-0.2, -0.15) is 0 Å². The molecule has 63 valence electrons. The molecule has 1 aromatic rings. The van der Waals surface area contributed by atoms with Crippen molar-refractivity contribution < 1.29 is 8.42 Å². The summed E-state index contributed by atoms with van der Waals surface area (Å²) in [5.74, 6) is 0.